The molecule has 0 saturated carbocycles. The summed E-state index contributed by atoms with van der Waals surface area (Å²) in [4.78, 5) is 38.6. The Morgan fingerprint density at radius 2 is 1.81 bits per heavy atom. The van der Waals surface area contributed by atoms with Crippen molar-refractivity contribution >= 4 is 23.3 Å². The number of anilines is 1. The van der Waals surface area contributed by atoms with E-state index in [-0.39, 0.29) is 17.6 Å². The molecule has 1 aliphatic carbocycles. The van der Waals surface area contributed by atoms with Crippen LogP contribution in [0.1, 0.15) is 30.9 Å². The third-order valence-electron chi connectivity index (χ3n) is 5.22. The summed E-state index contributed by atoms with van der Waals surface area (Å²) in [5.74, 6) is -0.298. The fraction of sp³-hybridized carbons (Fsp3) is 0.381. The van der Waals surface area contributed by atoms with Gasteiger partial charge in [-0.25, -0.2) is 0 Å². The Kier molecular flexibility index (Phi) is 4.81. The minimum Gasteiger partial charge on any atom is -0.329 e. The Balaban J connectivity index is 1.79. The minimum absolute atomic E-state index is 0.0582. The van der Waals surface area contributed by atoms with Crippen molar-refractivity contribution in [2.45, 2.75) is 39.7 Å². The second kappa shape index (κ2) is 6.90. The number of para-hydroxylation sites is 1. The number of aryl methyl sites for hydroxylation is 2. The third kappa shape index (κ3) is 3.34. The highest BCUT2D eigenvalue weighted by Gasteiger charge is 2.44. The second-order valence-corrected chi connectivity index (χ2v) is 7.18. The van der Waals surface area contributed by atoms with E-state index in [2.05, 4.69) is 5.32 Å². The van der Waals surface area contributed by atoms with Crippen molar-refractivity contribution in [1.82, 2.24) is 4.90 Å². The number of amides is 2. The maximum Gasteiger partial charge on any atom is 0.247 e. The van der Waals surface area contributed by atoms with Crippen molar-refractivity contribution in [1.29, 1.82) is 0 Å². The Morgan fingerprint density at radius 3 is 2.38 bits per heavy atom. The van der Waals surface area contributed by atoms with Gasteiger partial charge in [0.25, 0.3) is 0 Å². The van der Waals surface area contributed by atoms with E-state index in [1.165, 1.54) is 12.2 Å². The van der Waals surface area contributed by atoms with Gasteiger partial charge in [0.15, 0.2) is 5.78 Å². The lowest BCUT2D eigenvalue weighted by Gasteiger charge is -2.29. The molecular weight excluding hydrogens is 328 g/mol. The highest BCUT2D eigenvalue weighted by atomic mass is 16.2. The van der Waals surface area contributed by atoms with E-state index in [9.17, 15) is 14.4 Å². The zero-order chi connectivity index (χ0) is 18.9. The molecule has 26 heavy (non-hydrogen) atoms. The van der Waals surface area contributed by atoms with E-state index in [1.807, 2.05) is 39.0 Å². The van der Waals surface area contributed by atoms with Gasteiger partial charge in [0, 0.05) is 24.1 Å². The summed E-state index contributed by atoms with van der Waals surface area (Å²) in [5.41, 5.74) is 2.32. The molecule has 1 heterocycles. The number of ketones is 1. The van der Waals surface area contributed by atoms with Crippen molar-refractivity contribution in [3.8, 4) is 0 Å². The molecule has 1 N–H and O–H groups in total. The molecule has 0 radical (unpaired) electrons. The van der Waals surface area contributed by atoms with Gasteiger partial charge in [-0.1, -0.05) is 37.3 Å². The summed E-state index contributed by atoms with van der Waals surface area (Å²) in [6.45, 7) is 6.23. The smallest absolute Gasteiger partial charge is 0.247 e. The van der Waals surface area contributed by atoms with E-state index >= 15 is 0 Å². The van der Waals surface area contributed by atoms with Gasteiger partial charge in [0.2, 0.25) is 11.8 Å². The number of nitrogens with one attached hydrogen (secondary N) is 1. The molecule has 1 unspecified atom stereocenters. The first-order chi connectivity index (χ1) is 12.3. The molecule has 5 nitrogen and oxygen atoms in total. The molecule has 136 valence electrons. The van der Waals surface area contributed by atoms with Crippen LogP contribution in [0, 0.1) is 19.3 Å². The van der Waals surface area contributed by atoms with Crippen LogP contribution in [-0.4, -0.2) is 35.1 Å². The largest absolute Gasteiger partial charge is 0.329 e. The molecule has 1 atom stereocenters. The minimum atomic E-state index is -0.527. The van der Waals surface area contributed by atoms with Crippen LogP contribution in [0.5, 0.6) is 0 Å². The molecule has 1 saturated heterocycles. The van der Waals surface area contributed by atoms with Gasteiger partial charge in [0.05, 0.1) is 0 Å². The number of likely N-dealkylation sites (tertiary alicyclic amines) is 1. The van der Waals surface area contributed by atoms with Crippen LogP contribution in [0.25, 0.3) is 0 Å². The zero-order valence-electron chi connectivity index (χ0n) is 15.4. The second-order valence-electron chi connectivity index (χ2n) is 7.18. The summed E-state index contributed by atoms with van der Waals surface area (Å²) < 4.78 is 0. The Bertz CT molecular complexity index is 786. The Hall–Kier alpha value is -2.69. The molecule has 1 fully saturated rings. The topological polar surface area (TPSA) is 66.5 Å². The van der Waals surface area contributed by atoms with E-state index < -0.39 is 11.5 Å². The standard InChI is InChI=1S/C21H24N2O3/c1-4-17(20(26)22-19-14(2)6-5-7-15(19)3)23-13-21(12-18(23)25)10-8-16(24)9-11-21/h5-11,17H,4,12-13H2,1-3H3,(H,22,26). The summed E-state index contributed by atoms with van der Waals surface area (Å²) in [6.07, 6.45) is 7.43. The molecule has 0 bridgehead atoms. The summed E-state index contributed by atoms with van der Waals surface area (Å²) in [6, 6.07) is 5.33. The fourth-order valence-electron chi connectivity index (χ4n) is 3.72. The number of hydrogen-bond donors (Lipinski definition) is 1. The quantitative estimate of drug-likeness (QED) is 0.906. The number of carbonyl (C=O) groups excluding carboxylic acids is 3. The number of rotatable bonds is 4. The van der Waals surface area contributed by atoms with E-state index in [0.717, 1.165) is 16.8 Å². The monoisotopic (exact) mass is 352 g/mol. The predicted molar refractivity (Wildman–Crippen MR) is 101 cm³/mol. The van der Waals surface area contributed by atoms with Crippen molar-refractivity contribution < 1.29 is 14.4 Å². The van der Waals surface area contributed by atoms with Gasteiger partial charge >= 0.3 is 0 Å². The fourth-order valence-corrected chi connectivity index (χ4v) is 3.72. The average molecular weight is 352 g/mol. The normalized spacial score (nSPS) is 19.3. The predicted octanol–water partition coefficient (Wildman–Crippen LogP) is 2.93. The van der Waals surface area contributed by atoms with Crippen LogP contribution < -0.4 is 5.32 Å². The van der Waals surface area contributed by atoms with Crippen molar-refractivity contribution in [2.75, 3.05) is 11.9 Å². The highest BCUT2D eigenvalue weighted by Crippen LogP contribution is 2.37. The molecular formula is C21H24N2O3. The summed E-state index contributed by atoms with van der Waals surface area (Å²) in [5, 5.41) is 3.00. The van der Waals surface area contributed by atoms with Crippen molar-refractivity contribution in [2.24, 2.45) is 5.41 Å². The molecule has 1 aromatic rings. The van der Waals surface area contributed by atoms with Crippen LogP contribution in [0.15, 0.2) is 42.5 Å². The van der Waals surface area contributed by atoms with Gasteiger partial charge in [-0.05, 0) is 43.5 Å². The van der Waals surface area contributed by atoms with Gasteiger partial charge in [-0.15, -0.1) is 0 Å². The number of allylic oxidation sites excluding steroid dienone is 2. The Morgan fingerprint density at radius 1 is 1.19 bits per heavy atom. The van der Waals surface area contributed by atoms with Gasteiger partial charge in [0.1, 0.15) is 6.04 Å². The molecule has 1 aromatic carbocycles. The zero-order valence-corrected chi connectivity index (χ0v) is 15.4. The first kappa shape index (κ1) is 18.1. The van der Waals surface area contributed by atoms with Crippen LogP contribution in [0.4, 0.5) is 5.69 Å². The maximum atomic E-state index is 12.9. The molecule has 2 aliphatic rings. The lowest BCUT2D eigenvalue weighted by atomic mass is 9.83. The third-order valence-corrected chi connectivity index (χ3v) is 5.22. The van der Waals surface area contributed by atoms with E-state index in [4.69, 9.17) is 0 Å². The van der Waals surface area contributed by atoms with E-state index in [0.29, 0.717) is 19.4 Å². The van der Waals surface area contributed by atoms with Gasteiger partial charge < -0.3 is 10.2 Å². The SMILES string of the molecule is CCC(C(=O)Nc1c(C)cccc1C)N1CC2(C=CC(=O)C=C2)CC1=O. The Labute approximate surface area is 153 Å². The summed E-state index contributed by atoms with van der Waals surface area (Å²) in [7, 11) is 0. The highest BCUT2D eigenvalue weighted by molar-refractivity contribution is 6.01. The van der Waals surface area contributed by atoms with Crippen LogP contribution in [0.3, 0.4) is 0 Å². The number of hydrogen-bond acceptors (Lipinski definition) is 3. The van der Waals surface area contributed by atoms with E-state index in [1.54, 1.807) is 17.1 Å². The molecule has 0 aromatic heterocycles. The van der Waals surface area contributed by atoms with Crippen LogP contribution in [-0.2, 0) is 14.4 Å². The first-order valence-electron chi connectivity index (χ1n) is 8.94. The number of carbonyl (C=O) groups is 3. The van der Waals surface area contributed by atoms with Gasteiger partial charge in [-0.2, -0.15) is 0 Å². The average Bonchev–Trinajstić information content (AvgIpc) is 2.91. The molecule has 1 spiro atoms. The van der Waals surface area contributed by atoms with Gasteiger partial charge in [-0.3, -0.25) is 14.4 Å². The van der Waals surface area contributed by atoms with Crippen LogP contribution in [0.2, 0.25) is 0 Å². The first-order valence-corrected chi connectivity index (χ1v) is 8.94. The lowest BCUT2D eigenvalue weighted by molar-refractivity contribution is -0.135. The van der Waals surface area contributed by atoms with Crippen LogP contribution >= 0.6 is 0 Å². The summed E-state index contributed by atoms with van der Waals surface area (Å²) >= 11 is 0. The molecule has 5 heteroatoms. The lowest BCUT2D eigenvalue weighted by Crippen LogP contribution is -2.45. The molecule has 1 aliphatic heterocycles. The molecule has 2 amide bonds. The van der Waals surface area contributed by atoms with Crippen molar-refractivity contribution in [3.05, 3.63) is 53.6 Å². The van der Waals surface area contributed by atoms with Crippen molar-refractivity contribution in [3.63, 3.8) is 0 Å². The number of nitrogens with zero attached hydrogens (tertiary/aromatic N) is 1. The maximum absolute atomic E-state index is 12.9. The number of benzene rings is 1. The molecule has 3 rings (SSSR count).